The molecule has 0 fully saturated rings. The van der Waals surface area contributed by atoms with Gasteiger partial charge in [0.1, 0.15) is 6.20 Å². The first kappa shape index (κ1) is 23.8. The molecular formula is C24H15Cl3N6O3. The van der Waals surface area contributed by atoms with Crippen molar-refractivity contribution < 1.29 is 4.42 Å². The second-order valence-corrected chi connectivity index (χ2v) is 8.98. The quantitative estimate of drug-likeness (QED) is 0.308. The van der Waals surface area contributed by atoms with Crippen LogP contribution in [0.15, 0.2) is 80.9 Å². The Balaban J connectivity index is 1.66. The molecule has 2 aromatic heterocycles. The average molecular weight is 542 g/mol. The number of nitrogens with one attached hydrogen (secondary N) is 1. The molecule has 0 saturated heterocycles. The highest BCUT2D eigenvalue weighted by molar-refractivity contribution is 6.36. The Morgan fingerprint density at radius 2 is 1.67 bits per heavy atom. The molecule has 0 aliphatic heterocycles. The third kappa shape index (κ3) is 4.64. The second-order valence-electron chi connectivity index (χ2n) is 7.73. The zero-order valence-corrected chi connectivity index (χ0v) is 20.4. The van der Waals surface area contributed by atoms with Gasteiger partial charge in [-0.1, -0.05) is 53.0 Å². The molecule has 0 bridgehead atoms. The van der Waals surface area contributed by atoms with Gasteiger partial charge in [-0.15, -0.1) is 10.2 Å². The minimum Gasteiger partial charge on any atom is -0.420 e. The topological polar surface area (TPSA) is 133 Å². The fourth-order valence-electron chi connectivity index (χ4n) is 3.73. The number of nitrogens with two attached hydrogens (primary N) is 1. The van der Waals surface area contributed by atoms with Crippen molar-refractivity contribution in [2.45, 2.75) is 5.92 Å². The highest BCUT2D eigenvalue weighted by atomic mass is 35.5. The van der Waals surface area contributed by atoms with Gasteiger partial charge in [0, 0.05) is 31.9 Å². The number of nitrogens with zero attached hydrogens (tertiary/aromatic N) is 4. The molecule has 5 rings (SSSR count). The van der Waals surface area contributed by atoms with Crippen LogP contribution < -0.4 is 17.0 Å². The predicted octanol–water partition coefficient (Wildman–Crippen LogP) is 4.69. The van der Waals surface area contributed by atoms with Crippen LogP contribution in [0.25, 0.3) is 17.1 Å². The van der Waals surface area contributed by atoms with E-state index in [-0.39, 0.29) is 27.5 Å². The summed E-state index contributed by atoms with van der Waals surface area (Å²) in [4.78, 5) is 25.8. The maximum absolute atomic E-state index is 12.2. The largest absolute Gasteiger partial charge is 0.420 e. The Bertz CT molecular complexity index is 1670. The van der Waals surface area contributed by atoms with Crippen LogP contribution in [-0.4, -0.2) is 25.0 Å². The number of aromatic amines is 1. The van der Waals surface area contributed by atoms with Gasteiger partial charge in [-0.2, -0.15) is 9.78 Å². The van der Waals surface area contributed by atoms with E-state index in [1.165, 1.54) is 12.1 Å². The molecule has 2 heterocycles. The average Bonchev–Trinajstić information content (AvgIpc) is 3.32. The van der Waals surface area contributed by atoms with Crippen LogP contribution in [0, 0.1) is 0 Å². The molecule has 0 radical (unpaired) electrons. The molecule has 0 saturated carbocycles. The number of nitrogen functional groups attached to an aromatic ring is 1. The Morgan fingerprint density at radius 3 is 2.33 bits per heavy atom. The number of hydrogen-bond donors (Lipinski definition) is 2. The van der Waals surface area contributed by atoms with Gasteiger partial charge in [-0.3, -0.25) is 9.78 Å². The van der Waals surface area contributed by atoms with Gasteiger partial charge >= 0.3 is 5.69 Å². The molecule has 5 aromatic rings. The van der Waals surface area contributed by atoms with Crippen LogP contribution in [0.1, 0.15) is 22.9 Å². The summed E-state index contributed by atoms with van der Waals surface area (Å²) in [6.45, 7) is 0. The Labute approximate surface area is 218 Å². The highest BCUT2D eigenvalue weighted by Gasteiger charge is 2.28. The smallest absolute Gasteiger partial charge is 0.349 e. The first-order valence-electron chi connectivity index (χ1n) is 10.4. The van der Waals surface area contributed by atoms with E-state index in [9.17, 15) is 9.59 Å². The summed E-state index contributed by atoms with van der Waals surface area (Å²) in [5, 5.41) is 13.3. The number of benzene rings is 3. The first-order chi connectivity index (χ1) is 17.3. The molecule has 36 heavy (non-hydrogen) atoms. The lowest BCUT2D eigenvalue weighted by molar-refractivity contribution is 0.499. The standard InChI is InChI=1S/C24H15Cl3N6O3/c25-14-6-4-12(5-7-14)20(23-32-31-22(36-23)13-2-1-3-15(28)8-13)21-17(26)9-16(10-18(21)27)33-24(35)30-19(34)11-29-33/h1-11,20H,28H2,(H,30,34,35). The van der Waals surface area contributed by atoms with E-state index in [0.29, 0.717) is 21.8 Å². The Morgan fingerprint density at radius 1 is 0.944 bits per heavy atom. The van der Waals surface area contributed by atoms with Crippen molar-refractivity contribution in [3.63, 3.8) is 0 Å². The number of hydrogen-bond acceptors (Lipinski definition) is 7. The van der Waals surface area contributed by atoms with Crippen molar-refractivity contribution in [1.29, 1.82) is 0 Å². The highest BCUT2D eigenvalue weighted by Crippen LogP contribution is 2.41. The van der Waals surface area contributed by atoms with E-state index in [1.807, 2.05) is 0 Å². The maximum atomic E-state index is 12.2. The van der Waals surface area contributed by atoms with Crippen LogP contribution in [0.5, 0.6) is 0 Å². The summed E-state index contributed by atoms with van der Waals surface area (Å²) >= 11 is 19.5. The molecular weight excluding hydrogens is 527 g/mol. The maximum Gasteiger partial charge on any atom is 0.349 e. The lowest BCUT2D eigenvalue weighted by Gasteiger charge is -2.18. The lowest BCUT2D eigenvalue weighted by Crippen LogP contribution is -2.30. The molecule has 0 aliphatic carbocycles. The fourth-order valence-corrected chi connectivity index (χ4v) is 4.55. The molecule has 1 unspecified atom stereocenters. The zero-order valence-electron chi connectivity index (χ0n) is 18.2. The van der Waals surface area contributed by atoms with Gasteiger partial charge in [0.2, 0.25) is 11.8 Å². The number of H-pyrrole nitrogens is 1. The summed E-state index contributed by atoms with van der Waals surface area (Å²) in [6.07, 6.45) is 0.976. The summed E-state index contributed by atoms with van der Waals surface area (Å²) in [5.41, 5.74) is 7.19. The van der Waals surface area contributed by atoms with Gasteiger partial charge in [-0.25, -0.2) is 4.79 Å². The Kier molecular flexibility index (Phi) is 6.36. The molecule has 0 aliphatic rings. The van der Waals surface area contributed by atoms with Crippen molar-refractivity contribution in [1.82, 2.24) is 25.0 Å². The van der Waals surface area contributed by atoms with Gasteiger partial charge in [-0.05, 0) is 48.0 Å². The van der Waals surface area contributed by atoms with Crippen molar-refractivity contribution in [2.75, 3.05) is 5.73 Å². The first-order valence-corrected chi connectivity index (χ1v) is 11.6. The fraction of sp³-hybridized carbons (Fsp3) is 0.0417. The van der Waals surface area contributed by atoms with Crippen molar-refractivity contribution in [3.05, 3.63) is 120 Å². The minimum absolute atomic E-state index is 0.209. The third-order valence-corrected chi connectivity index (χ3v) is 6.21. The molecule has 0 amide bonds. The van der Waals surface area contributed by atoms with Crippen LogP contribution in [0.3, 0.4) is 0 Å². The molecule has 0 spiro atoms. The number of aromatic nitrogens is 5. The molecule has 12 heteroatoms. The van der Waals surface area contributed by atoms with E-state index < -0.39 is 17.2 Å². The van der Waals surface area contributed by atoms with Crippen LogP contribution in [0.2, 0.25) is 15.1 Å². The minimum atomic E-state index is -0.736. The number of anilines is 1. The summed E-state index contributed by atoms with van der Waals surface area (Å²) in [6, 6.07) is 17.1. The second kappa shape index (κ2) is 9.62. The SMILES string of the molecule is Nc1cccc(-c2nnc(C(c3ccc(Cl)cc3)c3c(Cl)cc(-n4ncc(=O)[nH]c4=O)cc3Cl)o2)c1. The molecule has 3 aromatic carbocycles. The molecule has 3 N–H and O–H groups in total. The van der Waals surface area contributed by atoms with Crippen molar-refractivity contribution in [2.24, 2.45) is 0 Å². The third-order valence-electron chi connectivity index (χ3n) is 5.33. The molecule has 1 atom stereocenters. The van der Waals surface area contributed by atoms with Crippen LogP contribution in [-0.2, 0) is 0 Å². The summed E-state index contributed by atoms with van der Waals surface area (Å²) < 4.78 is 7.02. The lowest BCUT2D eigenvalue weighted by atomic mass is 9.90. The monoisotopic (exact) mass is 540 g/mol. The van der Waals surface area contributed by atoms with Crippen molar-refractivity contribution >= 4 is 40.5 Å². The van der Waals surface area contributed by atoms with Crippen molar-refractivity contribution in [3.8, 4) is 17.1 Å². The molecule has 180 valence electrons. The van der Waals surface area contributed by atoms with E-state index in [1.54, 1.807) is 48.5 Å². The van der Waals surface area contributed by atoms with E-state index in [2.05, 4.69) is 20.3 Å². The number of halogens is 3. The number of rotatable bonds is 5. The normalized spacial score (nSPS) is 12.0. The van der Waals surface area contributed by atoms with E-state index in [0.717, 1.165) is 16.4 Å². The van der Waals surface area contributed by atoms with Crippen LogP contribution >= 0.6 is 34.8 Å². The van der Waals surface area contributed by atoms with Gasteiger partial charge in [0.15, 0.2) is 0 Å². The predicted molar refractivity (Wildman–Crippen MR) is 137 cm³/mol. The van der Waals surface area contributed by atoms with Crippen LogP contribution in [0.4, 0.5) is 5.69 Å². The van der Waals surface area contributed by atoms with E-state index >= 15 is 0 Å². The zero-order chi connectivity index (χ0) is 25.4. The summed E-state index contributed by atoms with van der Waals surface area (Å²) in [7, 11) is 0. The summed E-state index contributed by atoms with van der Waals surface area (Å²) in [5.74, 6) is -0.173. The van der Waals surface area contributed by atoms with Gasteiger partial charge in [0.05, 0.1) is 11.6 Å². The van der Waals surface area contributed by atoms with Gasteiger partial charge < -0.3 is 10.2 Å². The van der Waals surface area contributed by atoms with Gasteiger partial charge in [0.25, 0.3) is 5.56 Å². The molecule has 9 nitrogen and oxygen atoms in total. The van der Waals surface area contributed by atoms with E-state index in [4.69, 9.17) is 45.0 Å². The Hall–Kier alpha value is -3.92.